The molecule has 0 atom stereocenters. The Balaban J connectivity index is 1.10. The number of nitrogens with zero attached hydrogens (tertiary/aromatic N) is 4. The van der Waals surface area contributed by atoms with E-state index in [2.05, 4.69) is 141 Å². The third-order valence-electron chi connectivity index (χ3n) is 11.4. The van der Waals surface area contributed by atoms with E-state index in [1.807, 2.05) is 42.5 Å². The summed E-state index contributed by atoms with van der Waals surface area (Å²) in [5.74, 6) is 2.35. The summed E-state index contributed by atoms with van der Waals surface area (Å²) in [5, 5.41) is 4.14. The Labute approximate surface area is 324 Å². The Morgan fingerprint density at radius 3 is 1.88 bits per heavy atom. The van der Waals surface area contributed by atoms with E-state index in [0.29, 0.717) is 28.9 Å². The lowest BCUT2D eigenvalue weighted by Crippen LogP contribution is -2.14. The fourth-order valence-electron chi connectivity index (χ4n) is 8.61. The number of hydrogen-bond donors (Lipinski definition) is 0. The first kappa shape index (κ1) is 32.2. The standard InChI is InChI=1S/C51H34N4O/c1-51(2)41-23-9-8-19-39(41)45-37(20-12-24-42(45)51)32-25-27-34(28-26-32)47-53-48(38-21-10-16-31-13-6-7-18-36(31)38)55-49(54-47)40-22-11-17-33-29-30-43-46(44(33)40)56-50(52-43)35-14-4-3-5-15-35/h3-30H,1-2H3. The average Bonchev–Trinajstić information content (AvgIpc) is 3.80. The molecule has 0 radical (unpaired) electrons. The van der Waals surface area contributed by atoms with E-state index < -0.39 is 0 Å². The molecule has 0 unspecified atom stereocenters. The minimum absolute atomic E-state index is 0.0663. The summed E-state index contributed by atoms with van der Waals surface area (Å²) in [4.78, 5) is 20.5. The van der Waals surface area contributed by atoms with Crippen molar-refractivity contribution < 1.29 is 4.42 Å². The van der Waals surface area contributed by atoms with Crippen LogP contribution in [0.1, 0.15) is 25.0 Å². The van der Waals surface area contributed by atoms with Gasteiger partial charge in [-0.05, 0) is 67.7 Å². The van der Waals surface area contributed by atoms with E-state index in [0.717, 1.165) is 54.9 Å². The fourth-order valence-corrected chi connectivity index (χ4v) is 8.61. The number of oxazole rings is 1. The quantitative estimate of drug-likeness (QED) is 0.177. The summed E-state index contributed by atoms with van der Waals surface area (Å²) in [6, 6.07) is 59.1. The number of hydrogen-bond acceptors (Lipinski definition) is 5. The first-order chi connectivity index (χ1) is 27.5. The molecular formula is C51H34N4O. The van der Waals surface area contributed by atoms with Gasteiger partial charge in [-0.1, -0.05) is 166 Å². The maximum absolute atomic E-state index is 6.56. The van der Waals surface area contributed by atoms with E-state index in [1.165, 1.54) is 27.8 Å². The molecule has 0 aliphatic heterocycles. The normalized spacial score (nSPS) is 13.0. The Morgan fingerprint density at radius 1 is 0.411 bits per heavy atom. The van der Waals surface area contributed by atoms with Crippen LogP contribution >= 0.6 is 0 Å². The highest BCUT2D eigenvalue weighted by atomic mass is 16.3. The lowest BCUT2D eigenvalue weighted by Gasteiger charge is -2.21. The predicted molar refractivity (Wildman–Crippen MR) is 227 cm³/mol. The molecule has 0 saturated heterocycles. The molecule has 0 amide bonds. The Kier molecular flexibility index (Phi) is 7.13. The van der Waals surface area contributed by atoms with Gasteiger partial charge in [-0.2, -0.15) is 0 Å². The molecule has 0 spiro atoms. The zero-order valence-electron chi connectivity index (χ0n) is 30.9. The maximum atomic E-state index is 6.56. The maximum Gasteiger partial charge on any atom is 0.227 e. The highest BCUT2D eigenvalue weighted by Crippen LogP contribution is 2.52. The summed E-state index contributed by atoms with van der Waals surface area (Å²) in [6.07, 6.45) is 0. The summed E-state index contributed by atoms with van der Waals surface area (Å²) in [5.41, 5.74) is 12.8. The van der Waals surface area contributed by atoms with Gasteiger partial charge in [-0.15, -0.1) is 0 Å². The van der Waals surface area contributed by atoms with Gasteiger partial charge in [0.25, 0.3) is 0 Å². The third kappa shape index (κ3) is 5.01. The van der Waals surface area contributed by atoms with Gasteiger partial charge in [0.15, 0.2) is 23.1 Å². The molecular weight excluding hydrogens is 685 g/mol. The lowest BCUT2D eigenvalue weighted by molar-refractivity contribution is 0.623. The van der Waals surface area contributed by atoms with Gasteiger partial charge in [-0.25, -0.2) is 19.9 Å². The van der Waals surface area contributed by atoms with E-state index in [9.17, 15) is 0 Å². The van der Waals surface area contributed by atoms with Crippen LogP contribution in [0.15, 0.2) is 174 Å². The first-order valence-electron chi connectivity index (χ1n) is 19.0. The summed E-state index contributed by atoms with van der Waals surface area (Å²) in [6.45, 7) is 4.64. The van der Waals surface area contributed by atoms with Crippen LogP contribution in [0, 0.1) is 0 Å². The lowest BCUT2D eigenvalue weighted by atomic mass is 9.82. The molecule has 10 aromatic rings. The van der Waals surface area contributed by atoms with E-state index >= 15 is 0 Å². The molecule has 11 rings (SSSR count). The number of fused-ring (bicyclic) bond motifs is 7. The zero-order valence-corrected chi connectivity index (χ0v) is 30.9. The monoisotopic (exact) mass is 718 g/mol. The van der Waals surface area contributed by atoms with Crippen molar-refractivity contribution in [3.63, 3.8) is 0 Å². The molecule has 2 aromatic heterocycles. The van der Waals surface area contributed by atoms with E-state index in [4.69, 9.17) is 24.4 Å². The van der Waals surface area contributed by atoms with E-state index in [-0.39, 0.29) is 5.41 Å². The van der Waals surface area contributed by atoms with Crippen LogP contribution < -0.4 is 0 Å². The summed E-state index contributed by atoms with van der Waals surface area (Å²) < 4.78 is 6.56. The molecule has 1 aliphatic carbocycles. The summed E-state index contributed by atoms with van der Waals surface area (Å²) >= 11 is 0. The van der Waals surface area contributed by atoms with Gasteiger partial charge in [0, 0.05) is 33.1 Å². The van der Waals surface area contributed by atoms with Crippen molar-refractivity contribution in [3.8, 4) is 67.9 Å². The van der Waals surface area contributed by atoms with Crippen LogP contribution in [0.25, 0.3) is 101 Å². The van der Waals surface area contributed by atoms with Crippen LogP contribution in [0.4, 0.5) is 0 Å². The van der Waals surface area contributed by atoms with Crippen molar-refractivity contribution in [3.05, 3.63) is 181 Å². The largest absolute Gasteiger partial charge is 0.435 e. The Morgan fingerprint density at radius 2 is 1.02 bits per heavy atom. The van der Waals surface area contributed by atoms with Gasteiger partial charge >= 0.3 is 0 Å². The number of rotatable bonds is 5. The molecule has 5 nitrogen and oxygen atoms in total. The van der Waals surface area contributed by atoms with Crippen molar-refractivity contribution in [2.75, 3.05) is 0 Å². The van der Waals surface area contributed by atoms with Crippen LogP contribution in [0.3, 0.4) is 0 Å². The van der Waals surface area contributed by atoms with Crippen LogP contribution in [0.5, 0.6) is 0 Å². The van der Waals surface area contributed by atoms with Crippen molar-refractivity contribution in [1.82, 2.24) is 19.9 Å². The minimum atomic E-state index is -0.0663. The molecule has 2 heterocycles. The predicted octanol–water partition coefficient (Wildman–Crippen LogP) is 13.0. The highest BCUT2D eigenvalue weighted by molar-refractivity contribution is 6.11. The second kappa shape index (κ2) is 12.4. The first-order valence-corrected chi connectivity index (χ1v) is 19.0. The number of aromatic nitrogens is 4. The fraction of sp³-hybridized carbons (Fsp3) is 0.0588. The van der Waals surface area contributed by atoms with Crippen molar-refractivity contribution >= 4 is 32.6 Å². The van der Waals surface area contributed by atoms with Gasteiger partial charge in [0.05, 0.1) is 0 Å². The Hall–Kier alpha value is -7.24. The molecule has 8 aromatic carbocycles. The van der Waals surface area contributed by atoms with Crippen LogP contribution in [-0.4, -0.2) is 19.9 Å². The van der Waals surface area contributed by atoms with Gasteiger partial charge < -0.3 is 4.42 Å². The molecule has 0 N–H and O–H groups in total. The minimum Gasteiger partial charge on any atom is -0.435 e. The smallest absolute Gasteiger partial charge is 0.227 e. The molecule has 0 bridgehead atoms. The van der Waals surface area contributed by atoms with Crippen molar-refractivity contribution in [2.24, 2.45) is 0 Å². The van der Waals surface area contributed by atoms with Gasteiger partial charge in [0.2, 0.25) is 5.89 Å². The zero-order chi connectivity index (χ0) is 37.4. The SMILES string of the molecule is CC1(C)c2ccccc2-c2c(-c3ccc(-c4nc(-c5cccc6ccccc56)nc(-c5cccc6ccc7nc(-c8ccccc8)oc7c56)n4)cc3)cccc21. The molecule has 5 heteroatoms. The van der Waals surface area contributed by atoms with E-state index in [1.54, 1.807) is 0 Å². The van der Waals surface area contributed by atoms with Crippen molar-refractivity contribution in [2.45, 2.75) is 19.3 Å². The van der Waals surface area contributed by atoms with Crippen LogP contribution in [0.2, 0.25) is 0 Å². The second-order valence-corrected chi connectivity index (χ2v) is 15.0. The number of benzene rings is 8. The third-order valence-corrected chi connectivity index (χ3v) is 11.4. The topological polar surface area (TPSA) is 64.7 Å². The molecule has 56 heavy (non-hydrogen) atoms. The molecule has 0 saturated carbocycles. The van der Waals surface area contributed by atoms with Crippen LogP contribution in [-0.2, 0) is 5.41 Å². The molecule has 0 fully saturated rings. The molecule has 1 aliphatic rings. The summed E-state index contributed by atoms with van der Waals surface area (Å²) in [7, 11) is 0. The van der Waals surface area contributed by atoms with Gasteiger partial charge in [0.1, 0.15) is 5.52 Å². The van der Waals surface area contributed by atoms with Crippen molar-refractivity contribution in [1.29, 1.82) is 0 Å². The second-order valence-electron chi connectivity index (χ2n) is 15.0. The average molecular weight is 719 g/mol. The highest BCUT2D eigenvalue weighted by Gasteiger charge is 2.36. The van der Waals surface area contributed by atoms with Gasteiger partial charge in [-0.3, -0.25) is 0 Å². The molecule has 264 valence electrons. The Bertz CT molecular complexity index is 3160.